The minimum absolute atomic E-state index is 0.00832. The Kier molecular flexibility index (Phi) is 5.78. The van der Waals surface area contributed by atoms with Crippen molar-refractivity contribution in [2.24, 2.45) is 4.99 Å². The van der Waals surface area contributed by atoms with Crippen LogP contribution in [0.5, 0.6) is 0 Å². The van der Waals surface area contributed by atoms with E-state index in [1.54, 1.807) is 37.3 Å². The first-order chi connectivity index (χ1) is 11.9. The van der Waals surface area contributed by atoms with Crippen LogP contribution < -0.4 is 5.73 Å². The lowest BCUT2D eigenvalue weighted by Gasteiger charge is -2.12. The van der Waals surface area contributed by atoms with Crippen LogP contribution in [0.25, 0.3) is 0 Å². The molecule has 0 aromatic heterocycles. The van der Waals surface area contributed by atoms with Crippen LogP contribution >= 0.6 is 0 Å². The molecular weight excluding hydrogens is 329 g/mol. The molecule has 1 unspecified atom stereocenters. The van der Waals surface area contributed by atoms with E-state index in [2.05, 4.69) is 9.73 Å². The van der Waals surface area contributed by atoms with Gasteiger partial charge < -0.3 is 10.5 Å². The highest BCUT2D eigenvalue weighted by Crippen LogP contribution is 2.24. The maximum atomic E-state index is 14.2. The molecule has 0 fully saturated rings. The summed E-state index contributed by atoms with van der Waals surface area (Å²) in [6.07, 6.45) is -2.27. The standard InChI is InChI=1S/C17H16FN3O4/c1-2-25-17(22)16(18)20-15(11-6-4-3-5-7-11)13-10-12(21(23)24)8-9-14(13)19/h3-10,16H,2,19H2,1H3. The van der Waals surface area contributed by atoms with Gasteiger partial charge >= 0.3 is 5.97 Å². The van der Waals surface area contributed by atoms with Gasteiger partial charge in [-0.2, -0.15) is 0 Å². The average Bonchev–Trinajstić information content (AvgIpc) is 2.61. The molecule has 0 amide bonds. The molecule has 0 aliphatic rings. The first kappa shape index (κ1) is 18.1. The van der Waals surface area contributed by atoms with E-state index >= 15 is 0 Å². The average molecular weight is 345 g/mol. The van der Waals surface area contributed by atoms with Crippen LogP contribution in [0.3, 0.4) is 0 Å². The number of carbonyl (C=O) groups is 1. The highest BCUT2D eigenvalue weighted by Gasteiger charge is 2.22. The van der Waals surface area contributed by atoms with Gasteiger partial charge in [-0.1, -0.05) is 30.3 Å². The number of ether oxygens (including phenoxy) is 1. The summed E-state index contributed by atoms with van der Waals surface area (Å²) in [5, 5.41) is 11.0. The van der Waals surface area contributed by atoms with E-state index in [-0.39, 0.29) is 29.3 Å². The quantitative estimate of drug-likeness (QED) is 0.216. The van der Waals surface area contributed by atoms with Crippen molar-refractivity contribution in [1.82, 2.24) is 0 Å². The lowest BCUT2D eigenvalue weighted by atomic mass is 10.00. The Labute approximate surface area is 143 Å². The van der Waals surface area contributed by atoms with Crippen LogP contribution in [0.1, 0.15) is 18.1 Å². The van der Waals surface area contributed by atoms with Gasteiger partial charge in [0, 0.05) is 28.9 Å². The molecule has 0 heterocycles. The minimum atomic E-state index is -2.27. The minimum Gasteiger partial charge on any atom is -0.462 e. The number of benzene rings is 2. The Morgan fingerprint density at radius 1 is 1.32 bits per heavy atom. The third kappa shape index (κ3) is 4.37. The van der Waals surface area contributed by atoms with E-state index in [9.17, 15) is 19.3 Å². The number of nitro groups is 1. The van der Waals surface area contributed by atoms with Crippen molar-refractivity contribution in [3.05, 3.63) is 69.8 Å². The monoisotopic (exact) mass is 345 g/mol. The summed E-state index contributed by atoms with van der Waals surface area (Å²) in [4.78, 5) is 25.7. The Hall–Kier alpha value is -3.29. The Balaban J connectivity index is 2.59. The predicted molar refractivity (Wildman–Crippen MR) is 91.1 cm³/mol. The maximum Gasteiger partial charge on any atom is 0.363 e. The zero-order valence-corrected chi connectivity index (χ0v) is 13.4. The van der Waals surface area contributed by atoms with Crippen LogP contribution in [0.2, 0.25) is 0 Å². The second-order valence-electron chi connectivity index (χ2n) is 4.96. The number of hydrogen-bond acceptors (Lipinski definition) is 6. The molecule has 0 aliphatic heterocycles. The lowest BCUT2D eigenvalue weighted by molar-refractivity contribution is -0.384. The summed E-state index contributed by atoms with van der Waals surface area (Å²) in [7, 11) is 0. The van der Waals surface area contributed by atoms with Gasteiger partial charge in [0.2, 0.25) is 0 Å². The molecule has 1 atom stereocenters. The van der Waals surface area contributed by atoms with Crippen molar-refractivity contribution in [3.63, 3.8) is 0 Å². The summed E-state index contributed by atoms with van der Waals surface area (Å²) < 4.78 is 18.8. The fourth-order valence-corrected chi connectivity index (χ4v) is 2.14. The van der Waals surface area contributed by atoms with Crippen molar-refractivity contribution in [2.75, 3.05) is 12.3 Å². The number of anilines is 1. The molecule has 2 rings (SSSR count). The predicted octanol–water partition coefficient (Wildman–Crippen LogP) is 2.87. The first-order valence-corrected chi connectivity index (χ1v) is 7.42. The van der Waals surface area contributed by atoms with Gasteiger partial charge in [-0.05, 0) is 13.0 Å². The number of rotatable bonds is 6. The van der Waals surface area contributed by atoms with Crippen LogP contribution in [0, 0.1) is 10.1 Å². The normalized spacial score (nSPS) is 12.5. The number of halogens is 1. The van der Waals surface area contributed by atoms with Gasteiger partial charge in [-0.25, -0.2) is 14.2 Å². The van der Waals surface area contributed by atoms with E-state index in [1.165, 1.54) is 18.2 Å². The molecule has 7 nitrogen and oxygen atoms in total. The van der Waals surface area contributed by atoms with E-state index in [0.29, 0.717) is 5.56 Å². The van der Waals surface area contributed by atoms with Gasteiger partial charge in [0.1, 0.15) is 0 Å². The number of non-ortho nitro benzene ring substituents is 1. The number of nitrogens with two attached hydrogens (primary N) is 1. The molecule has 130 valence electrons. The van der Waals surface area contributed by atoms with Crippen LogP contribution in [0.15, 0.2) is 53.5 Å². The zero-order valence-electron chi connectivity index (χ0n) is 13.4. The second kappa shape index (κ2) is 8.00. The number of nitro benzene ring substituents is 1. The van der Waals surface area contributed by atoms with Crippen molar-refractivity contribution in [3.8, 4) is 0 Å². The highest BCUT2D eigenvalue weighted by molar-refractivity contribution is 6.16. The molecule has 25 heavy (non-hydrogen) atoms. The number of aliphatic imine (C=N–C) groups is 1. The van der Waals surface area contributed by atoms with Gasteiger partial charge in [0.25, 0.3) is 12.0 Å². The fourth-order valence-electron chi connectivity index (χ4n) is 2.14. The maximum absolute atomic E-state index is 14.2. The summed E-state index contributed by atoms with van der Waals surface area (Å²) in [5.74, 6) is -1.14. The number of esters is 1. The number of nitrogens with zero attached hydrogens (tertiary/aromatic N) is 2. The van der Waals surface area contributed by atoms with Crippen LogP contribution in [0.4, 0.5) is 15.8 Å². The number of carbonyl (C=O) groups excluding carboxylic acids is 1. The SMILES string of the molecule is CCOC(=O)C(F)N=C(c1ccccc1)c1cc([N+](=O)[O-])ccc1N. The molecule has 8 heteroatoms. The topological polar surface area (TPSA) is 108 Å². The molecule has 2 N–H and O–H groups in total. The molecule has 0 radical (unpaired) electrons. The molecule has 0 spiro atoms. The number of alkyl halides is 1. The Morgan fingerprint density at radius 2 is 2.00 bits per heavy atom. The third-order valence-electron chi connectivity index (χ3n) is 3.27. The van der Waals surface area contributed by atoms with E-state index in [1.807, 2.05) is 0 Å². The lowest BCUT2D eigenvalue weighted by Crippen LogP contribution is -2.20. The van der Waals surface area contributed by atoms with E-state index in [0.717, 1.165) is 0 Å². The van der Waals surface area contributed by atoms with E-state index < -0.39 is 17.2 Å². The number of nitrogen functional groups attached to an aromatic ring is 1. The van der Waals surface area contributed by atoms with Crippen molar-refractivity contribution < 1.29 is 18.8 Å². The van der Waals surface area contributed by atoms with Crippen molar-refractivity contribution >= 4 is 23.1 Å². The number of hydrogen-bond donors (Lipinski definition) is 1. The van der Waals surface area contributed by atoms with Crippen molar-refractivity contribution in [2.45, 2.75) is 13.2 Å². The summed E-state index contributed by atoms with van der Waals surface area (Å²) in [6, 6.07) is 12.2. The molecule has 0 saturated carbocycles. The molecule has 0 bridgehead atoms. The smallest absolute Gasteiger partial charge is 0.363 e. The van der Waals surface area contributed by atoms with Gasteiger partial charge in [0.05, 0.1) is 17.2 Å². The largest absolute Gasteiger partial charge is 0.462 e. The zero-order chi connectivity index (χ0) is 18.4. The summed E-state index contributed by atoms with van der Waals surface area (Å²) in [6.45, 7) is 1.55. The van der Waals surface area contributed by atoms with Gasteiger partial charge in [-0.3, -0.25) is 10.1 Å². The van der Waals surface area contributed by atoms with Crippen molar-refractivity contribution in [1.29, 1.82) is 0 Å². The third-order valence-corrected chi connectivity index (χ3v) is 3.27. The molecule has 0 aliphatic carbocycles. The van der Waals surface area contributed by atoms with Crippen LogP contribution in [-0.2, 0) is 9.53 Å². The van der Waals surface area contributed by atoms with Gasteiger partial charge in [-0.15, -0.1) is 0 Å². The molecule has 0 saturated heterocycles. The van der Waals surface area contributed by atoms with E-state index in [4.69, 9.17) is 5.73 Å². The summed E-state index contributed by atoms with van der Waals surface area (Å²) in [5.41, 5.74) is 6.49. The highest BCUT2D eigenvalue weighted by atomic mass is 19.1. The fraction of sp³-hybridized carbons (Fsp3) is 0.176. The second-order valence-corrected chi connectivity index (χ2v) is 4.96. The Bertz CT molecular complexity index is 809. The first-order valence-electron chi connectivity index (χ1n) is 7.42. The summed E-state index contributed by atoms with van der Waals surface area (Å²) >= 11 is 0. The Morgan fingerprint density at radius 3 is 2.60 bits per heavy atom. The molecular formula is C17H16FN3O4. The molecule has 2 aromatic rings. The van der Waals surface area contributed by atoms with Gasteiger partial charge in [0.15, 0.2) is 0 Å². The van der Waals surface area contributed by atoms with Crippen LogP contribution in [-0.4, -0.2) is 29.5 Å². The molecule has 2 aromatic carbocycles.